The van der Waals surface area contributed by atoms with E-state index in [1.165, 1.54) is 12.1 Å². The van der Waals surface area contributed by atoms with Crippen molar-refractivity contribution in [3.8, 4) is 23.0 Å². The van der Waals surface area contributed by atoms with Gasteiger partial charge in [-0.25, -0.2) is 9.38 Å². The van der Waals surface area contributed by atoms with Crippen molar-refractivity contribution in [2.45, 2.75) is 20.0 Å². The molecule has 7 nitrogen and oxygen atoms in total. The van der Waals surface area contributed by atoms with Crippen LogP contribution < -0.4 is 29.6 Å². The topological polar surface area (TPSA) is 73.3 Å². The molecule has 0 aliphatic heterocycles. The third-order valence-corrected chi connectivity index (χ3v) is 3.91. The van der Waals surface area contributed by atoms with Gasteiger partial charge in [-0.3, -0.25) is 0 Å². The minimum absolute atomic E-state index is 0. The zero-order valence-electron chi connectivity index (χ0n) is 17.8. The van der Waals surface area contributed by atoms with E-state index in [2.05, 4.69) is 15.6 Å². The zero-order chi connectivity index (χ0) is 21.2. The maximum absolute atomic E-state index is 13.3. The van der Waals surface area contributed by atoms with Crippen LogP contribution in [0, 0.1) is 5.82 Å². The highest BCUT2D eigenvalue weighted by molar-refractivity contribution is 14.0. The van der Waals surface area contributed by atoms with Crippen molar-refractivity contribution >= 4 is 35.6 Å². The molecular weight excluding hydrogens is 504 g/mol. The Balaban J connectivity index is 0.00000450. The van der Waals surface area contributed by atoms with Crippen LogP contribution in [0.1, 0.15) is 13.8 Å². The predicted octanol–water partition coefficient (Wildman–Crippen LogP) is 4.31. The first-order valence-corrected chi connectivity index (χ1v) is 9.28. The highest BCUT2D eigenvalue weighted by Crippen LogP contribution is 2.39. The van der Waals surface area contributed by atoms with Gasteiger partial charge in [0.15, 0.2) is 17.5 Å². The van der Waals surface area contributed by atoms with Crippen LogP contribution in [0.5, 0.6) is 23.0 Å². The summed E-state index contributed by atoms with van der Waals surface area (Å²) >= 11 is 0. The Morgan fingerprint density at radius 3 is 2.27 bits per heavy atom. The normalized spacial score (nSPS) is 11.7. The molecule has 0 amide bonds. The third-order valence-electron chi connectivity index (χ3n) is 3.91. The Hall–Kier alpha value is -2.43. The van der Waals surface area contributed by atoms with Gasteiger partial charge in [0.05, 0.1) is 27.9 Å². The van der Waals surface area contributed by atoms with Gasteiger partial charge in [-0.05, 0) is 26.0 Å². The Kier molecular flexibility index (Phi) is 11.1. The molecule has 1 atom stereocenters. The monoisotopic (exact) mass is 533 g/mol. The molecule has 0 aliphatic rings. The highest BCUT2D eigenvalue weighted by Gasteiger charge is 2.14. The fourth-order valence-electron chi connectivity index (χ4n) is 2.63. The number of nitrogens with zero attached hydrogens (tertiary/aromatic N) is 1. The van der Waals surface area contributed by atoms with Crippen LogP contribution in [0.15, 0.2) is 41.4 Å². The van der Waals surface area contributed by atoms with Crippen LogP contribution >= 0.6 is 24.0 Å². The van der Waals surface area contributed by atoms with E-state index >= 15 is 0 Å². The van der Waals surface area contributed by atoms with Gasteiger partial charge in [0.1, 0.15) is 17.7 Å². The summed E-state index contributed by atoms with van der Waals surface area (Å²) in [6.07, 6.45) is -0.243. The van der Waals surface area contributed by atoms with Gasteiger partial charge in [-0.1, -0.05) is 6.07 Å². The van der Waals surface area contributed by atoms with E-state index in [1.54, 1.807) is 45.6 Å². The van der Waals surface area contributed by atoms with Crippen molar-refractivity contribution in [1.29, 1.82) is 0 Å². The lowest BCUT2D eigenvalue weighted by molar-refractivity contribution is 0.229. The van der Waals surface area contributed by atoms with Crippen LogP contribution in [0.3, 0.4) is 0 Å². The second kappa shape index (κ2) is 13.0. The molecule has 2 aromatic rings. The second-order valence-corrected chi connectivity index (χ2v) is 6.14. The Morgan fingerprint density at radius 2 is 1.73 bits per heavy atom. The van der Waals surface area contributed by atoms with Gasteiger partial charge in [-0.15, -0.1) is 24.0 Å². The number of hydrogen-bond donors (Lipinski definition) is 2. The lowest BCUT2D eigenvalue weighted by atomic mass is 10.2. The molecule has 0 spiro atoms. The van der Waals surface area contributed by atoms with Gasteiger partial charge in [0.25, 0.3) is 0 Å². The van der Waals surface area contributed by atoms with Crippen LogP contribution in [0.4, 0.5) is 10.1 Å². The predicted molar refractivity (Wildman–Crippen MR) is 128 cm³/mol. The summed E-state index contributed by atoms with van der Waals surface area (Å²) in [7, 11) is 4.68. The molecule has 0 saturated heterocycles. The number of methoxy groups -OCH3 is 3. The molecule has 0 bridgehead atoms. The Bertz CT molecular complexity index is 811. The fraction of sp³-hybridized carbons (Fsp3) is 0.381. The molecular formula is C21H29FIN3O4. The summed E-state index contributed by atoms with van der Waals surface area (Å²) in [5.41, 5.74) is 0.720. The largest absolute Gasteiger partial charge is 0.493 e. The summed E-state index contributed by atoms with van der Waals surface area (Å²) in [6.45, 7) is 4.89. The van der Waals surface area contributed by atoms with E-state index in [1.807, 2.05) is 13.8 Å². The molecule has 9 heteroatoms. The molecule has 30 heavy (non-hydrogen) atoms. The average Bonchev–Trinajstić information content (AvgIpc) is 2.71. The van der Waals surface area contributed by atoms with E-state index in [0.717, 1.165) is 5.69 Å². The number of aliphatic imine (C=N–C) groups is 1. The van der Waals surface area contributed by atoms with Gasteiger partial charge >= 0.3 is 0 Å². The van der Waals surface area contributed by atoms with Crippen LogP contribution in [-0.2, 0) is 0 Å². The van der Waals surface area contributed by atoms with Gasteiger partial charge < -0.3 is 29.6 Å². The highest BCUT2D eigenvalue weighted by atomic mass is 127. The molecule has 0 heterocycles. The minimum atomic E-state index is -0.337. The first-order chi connectivity index (χ1) is 14.0. The van der Waals surface area contributed by atoms with E-state index in [-0.39, 0.29) is 35.9 Å². The molecule has 2 N–H and O–H groups in total. The summed E-state index contributed by atoms with van der Waals surface area (Å²) < 4.78 is 35.1. The second-order valence-electron chi connectivity index (χ2n) is 6.14. The number of nitrogens with one attached hydrogen (secondary N) is 2. The van der Waals surface area contributed by atoms with Gasteiger partial charge in [0, 0.05) is 30.4 Å². The van der Waals surface area contributed by atoms with Crippen molar-refractivity contribution in [2.75, 3.05) is 39.7 Å². The molecule has 1 unspecified atom stereocenters. The minimum Gasteiger partial charge on any atom is -0.493 e. The Labute approximate surface area is 194 Å². The number of benzene rings is 2. The summed E-state index contributed by atoms with van der Waals surface area (Å²) in [5.74, 6) is 2.28. The summed E-state index contributed by atoms with van der Waals surface area (Å²) in [4.78, 5) is 4.54. The molecule has 2 rings (SSSR count). The lowest BCUT2D eigenvalue weighted by Gasteiger charge is -2.17. The standard InChI is InChI=1S/C21H28FN3O4.HI/c1-6-23-21(24-13-14(2)29-17-9-7-8-15(22)10-17)25-16-11-18(26-3)20(28-5)19(12-16)27-4;/h7-12,14H,6,13H2,1-5H3,(H2,23,24,25);1H. The molecule has 0 radical (unpaired) electrons. The van der Waals surface area contributed by atoms with E-state index in [4.69, 9.17) is 18.9 Å². The van der Waals surface area contributed by atoms with Crippen molar-refractivity contribution in [2.24, 2.45) is 4.99 Å². The quantitative estimate of drug-likeness (QED) is 0.285. The number of hydrogen-bond acceptors (Lipinski definition) is 5. The number of ether oxygens (including phenoxy) is 4. The van der Waals surface area contributed by atoms with Crippen LogP contribution in [-0.4, -0.2) is 46.5 Å². The van der Waals surface area contributed by atoms with E-state index in [0.29, 0.717) is 42.0 Å². The number of halogens is 2. The smallest absolute Gasteiger partial charge is 0.203 e. The summed E-state index contributed by atoms with van der Waals surface area (Å²) in [6, 6.07) is 9.63. The first-order valence-electron chi connectivity index (χ1n) is 9.28. The maximum Gasteiger partial charge on any atom is 0.203 e. The zero-order valence-corrected chi connectivity index (χ0v) is 20.2. The molecule has 0 aromatic heterocycles. The van der Waals surface area contributed by atoms with Crippen molar-refractivity contribution in [3.05, 3.63) is 42.2 Å². The van der Waals surface area contributed by atoms with Crippen molar-refractivity contribution in [1.82, 2.24) is 5.32 Å². The third kappa shape index (κ3) is 7.43. The SMILES string of the molecule is CCNC(=NCC(C)Oc1cccc(F)c1)Nc1cc(OC)c(OC)c(OC)c1.I. The van der Waals surface area contributed by atoms with E-state index < -0.39 is 0 Å². The Morgan fingerprint density at radius 1 is 1.07 bits per heavy atom. The number of guanidine groups is 1. The van der Waals surface area contributed by atoms with E-state index in [9.17, 15) is 4.39 Å². The average molecular weight is 533 g/mol. The summed E-state index contributed by atoms with van der Waals surface area (Å²) in [5, 5.41) is 6.39. The first kappa shape index (κ1) is 25.6. The molecule has 0 fully saturated rings. The van der Waals surface area contributed by atoms with Crippen molar-refractivity contribution in [3.63, 3.8) is 0 Å². The van der Waals surface area contributed by atoms with Gasteiger partial charge in [-0.2, -0.15) is 0 Å². The number of anilines is 1. The number of rotatable bonds is 9. The maximum atomic E-state index is 13.3. The molecule has 0 aliphatic carbocycles. The van der Waals surface area contributed by atoms with Crippen molar-refractivity contribution < 1.29 is 23.3 Å². The molecule has 166 valence electrons. The van der Waals surface area contributed by atoms with Gasteiger partial charge in [0.2, 0.25) is 5.75 Å². The van der Waals surface area contributed by atoms with Crippen LogP contribution in [0.25, 0.3) is 0 Å². The molecule has 0 saturated carbocycles. The lowest BCUT2D eigenvalue weighted by Crippen LogP contribution is -2.32. The van der Waals surface area contributed by atoms with Crippen LogP contribution in [0.2, 0.25) is 0 Å². The fourth-order valence-corrected chi connectivity index (χ4v) is 2.63. The molecule has 2 aromatic carbocycles.